The van der Waals surface area contributed by atoms with Gasteiger partial charge in [0.25, 0.3) is 0 Å². The van der Waals surface area contributed by atoms with Crippen LogP contribution in [0.15, 0.2) is 28.7 Å². The number of hydrogen-bond acceptors (Lipinski definition) is 2. The van der Waals surface area contributed by atoms with Gasteiger partial charge in [-0.1, -0.05) is 18.2 Å². The van der Waals surface area contributed by atoms with Gasteiger partial charge >= 0.3 is 0 Å². The van der Waals surface area contributed by atoms with Crippen molar-refractivity contribution in [2.45, 2.75) is 19.3 Å². The molecule has 0 N–H and O–H groups in total. The number of furan rings is 1. The number of Topliss-reactive ketones (excluding diaryl/α,β-unsaturated/α-hetero) is 1. The van der Waals surface area contributed by atoms with Gasteiger partial charge in [-0.2, -0.15) is 0 Å². The van der Waals surface area contributed by atoms with Gasteiger partial charge in [-0.25, -0.2) is 0 Å². The van der Waals surface area contributed by atoms with E-state index in [4.69, 9.17) is 4.42 Å². The quantitative estimate of drug-likeness (QED) is 0.633. The van der Waals surface area contributed by atoms with Gasteiger partial charge in [-0.05, 0) is 18.9 Å². The van der Waals surface area contributed by atoms with Crippen LogP contribution in [0.3, 0.4) is 0 Å². The fourth-order valence-corrected chi connectivity index (χ4v) is 2.11. The zero-order valence-electron chi connectivity index (χ0n) is 7.75. The van der Waals surface area contributed by atoms with Crippen LogP contribution in [0, 0.1) is 0 Å². The van der Waals surface area contributed by atoms with Gasteiger partial charge < -0.3 is 4.42 Å². The average Bonchev–Trinajstić information content (AvgIpc) is 2.59. The molecule has 14 heavy (non-hydrogen) atoms. The van der Waals surface area contributed by atoms with Crippen LogP contribution in [-0.2, 0) is 6.42 Å². The second-order valence-corrected chi connectivity index (χ2v) is 3.68. The van der Waals surface area contributed by atoms with Crippen LogP contribution in [0.1, 0.15) is 29.0 Å². The Bertz CT molecular complexity index is 508. The third kappa shape index (κ3) is 0.939. The van der Waals surface area contributed by atoms with Crippen LogP contribution in [0.4, 0.5) is 0 Å². The van der Waals surface area contributed by atoms with E-state index in [9.17, 15) is 4.79 Å². The SMILES string of the molecule is O=C1CCCc2c1oc1ccccc21. The van der Waals surface area contributed by atoms with E-state index in [0.29, 0.717) is 12.2 Å². The van der Waals surface area contributed by atoms with Gasteiger partial charge in [0.1, 0.15) is 5.58 Å². The molecule has 2 aromatic rings. The van der Waals surface area contributed by atoms with Crippen molar-refractivity contribution in [1.29, 1.82) is 0 Å². The second-order valence-electron chi connectivity index (χ2n) is 3.68. The van der Waals surface area contributed by atoms with E-state index < -0.39 is 0 Å². The van der Waals surface area contributed by atoms with Crippen LogP contribution in [-0.4, -0.2) is 5.78 Å². The molecule has 0 aliphatic heterocycles. The number of carbonyl (C=O) groups excluding carboxylic acids is 1. The van der Waals surface area contributed by atoms with Crippen molar-refractivity contribution in [3.63, 3.8) is 0 Å². The largest absolute Gasteiger partial charge is 0.453 e. The fraction of sp³-hybridized carbons (Fsp3) is 0.250. The molecule has 1 heterocycles. The van der Waals surface area contributed by atoms with E-state index in [0.717, 1.165) is 29.4 Å². The smallest absolute Gasteiger partial charge is 0.198 e. The molecule has 0 fully saturated rings. The standard InChI is InChI=1S/C12H10O2/c13-10-6-3-5-9-8-4-1-2-7-11(8)14-12(9)10/h1-2,4,7H,3,5-6H2. The maximum absolute atomic E-state index is 11.6. The van der Waals surface area contributed by atoms with Crippen LogP contribution < -0.4 is 0 Å². The molecular weight excluding hydrogens is 176 g/mol. The molecule has 0 amide bonds. The van der Waals surface area contributed by atoms with Gasteiger partial charge in [0.05, 0.1) is 0 Å². The van der Waals surface area contributed by atoms with Gasteiger partial charge in [0, 0.05) is 17.4 Å². The number of aryl methyl sites for hydroxylation is 1. The zero-order chi connectivity index (χ0) is 9.54. The Hall–Kier alpha value is -1.57. The number of carbonyl (C=O) groups is 1. The molecule has 1 aromatic heterocycles. The minimum atomic E-state index is 0.155. The summed E-state index contributed by atoms with van der Waals surface area (Å²) in [6.07, 6.45) is 2.56. The first-order chi connectivity index (χ1) is 6.86. The molecule has 0 atom stereocenters. The molecule has 1 aliphatic rings. The van der Waals surface area contributed by atoms with E-state index in [1.165, 1.54) is 0 Å². The molecule has 2 nitrogen and oxygen atoms in total. The highest BCUT2D eigenvalue weighted by atomic mass is 16.3. The lowest BCUT2D eigenvalue weighted by Gasteiger charge is -2.07. The number of rotatable bonds is 0. The molecule has 0 spiro atoms. The summed E-state index contributed by atoms with van der Waals surface area (Å²) in [5, 5.41) is 1.11. The number of para-hydroxylation sites is 1. The third-order valence-corrected chi connectivity index (χ3v) is 2.78. The average molecular weight is 186 g/mol. The highest BCUT2D eigenvalue weighted by Gasteiger charge is 2.23. The van der Waals surface area contributed by atoms with Crippen molar-refractivity contribution in [2.75, 3.05) is 0 Å². The molecule has 1 aromatic carbocycles. The number of fused-ring (bicyclic) bond motifs is 3. The topological polar surface area (TPSA) is 30.2 Å². The van der Waals surface area contributed by atoms with E-state index in [2.05, 4.69) is 0 Å². The lowest BCUT2D eigenvalue weighted by Crippen LogP contribution is -2.07. The molecule has 0 saturated carbocycles. The van der Waals surface area contributed by atoms with Crippen molar-refractivity contribution in [1.82, 2.24) is 0 Å². The summed E-state index contributed by atoms with van der Waals surface area (Å²) in [7, 11) is 0. The lowest BCUT2D eigenvalue weighted by atomic mass is 9.95. The number of benzene rings is 1. The number of hydrogen-bond donors (Lipinski definition) is 0. The lowest BCUT2D eigenvalue weighted by molar-refractivity contribution is 0.0946. The molecule has 70 valence electrons. The molecule has 1 aliphatic carbocycles. The first-order valence-electron chi connectivity index (χ1n) is 4.90. The fourth-order valence-electron chi connectivity index (χ4n) is 2.11. The third-order valence-electron chi connectivity index (χ3n) is 2.78. The summed E-state index contributed by atoms with van der Waals surface area (Å²) in [6.45, 7) is 0. The van der Waals surface area contributed by atoms with Crippen LogP contribution in [0.25, 0.3) is 11.0 Å². The van der Waals surface area contributed by atoms with E-state index >= 15 is 0 Å². The van der Waals surface area contributed by atoms with Crippen LogP contribution in [0.2, 0.25) is 0 Å². The van der Waals surface area contributed by atoms with Crippen LogP contribution in [0.5, 0.6) is 0 Å². The normalized spacial score (nSPS) is 15.9. The summed E-state index contributed by atoms with van der Waals surface area (Å²) in [6, 6.07) is 7.86. The molecule has 3 rings (SSSR count). The molecule has 2 heteroatoms. The summed E-state index contributed by atoms with van der Waals surface area (Å²) < 4.78 is 5.55. The summed E-state index contributed by atoms with van der Waals surface area (Å²) in [5.41, 5.74) is 1.95. The van der Waals surface area contributed by atoms with E-state index in [1.54, 1.807) is 0 Å². The van der Waals surface area contributed by atoms with Gasteiger partial charge in [-0.15, -0.1) is 0 Å². The Morgan fingerprint density at radius 2 is 2.00 bits per heavy atom. The minimum absolute atomic E-state index is 0.155. The van der Waals surface area contributed by atoms with Crippen molar-refractivity contribution in [3.8, 4) is 0 Å². The highest BCUT2D eigenvalue weighted by Crippen LogP contribution is 2.31. The van der Waals surface area contributed by atoms with Gasteiger partial charge in [0.15, 0.2) is 11.5 Å². The Kier molecular flexibility index (Phi) is 1.51. The zero-order valence-corrected chi connectivity index (χ0v) is 7.75. The molecule has 0 bridgehead atoms. The van der Waals surface area contributed by atoms with Crippen LogP contribution >= 0.6 is 0 Å². The predicted molar refractivity (Wildman–Crippen MR) is 53.5 cm³/mol. The van der Waals surface area contributed by atoms with E-state index in [1.807, 2.05) is 24.3 Å². The van der Waals surface area contributed by atoms with Gasteiger partial charge in [0.2, 0.25) is 0 Å². The first-order valence-corrected chi connectivity index (χ1v) is 4.90. The Morgan fingerprint density at radius 1 is 1.14 bits per heavy atom. The molecular formula is C12H10O2. The van der Waals surface area contributed by atoms with Crippen molar-refractivity contribution >= 4 is 16.8 Å². The number of ketones is 1. The maximum atomic E-state index is 11.6. The molecule has 0 unspecified atom stereocenters. The summed E-state index contributed by atoms with van der Waals surface area (Å²) >= 11 is 0. The Morgan fingerprint density at radius 3 is 2.93 bits per heavy atom. The first kappa shape index (κ1) is 7.80. The minimum Gasteiger partial charge on any atom is -0.453 e. The predicted octanol–water partition coefficient (Wildman–Crippen LogP) is 2.95. The summed E-state index contributed by atoms with van der Waals surface area (Å²) in [4.78, 5) is 11.6. The maximum Gasteiger partial charge on any atom is 0.198 e. The molecule has 0 radical (unpaired) electrons. The monoisotopic (exact) mass is 186 g/mol. The summed E-state index contributed by atoms with van der Waals surface area (Å²) in [5.74, 6) is 0.750. The Balaban J connectivity index is 2.38. The highest BCUT2D eigenvalue weighted by molar-refractivity contribution is 6.01. The van der Waals surface area contributed by atoms with Crippen molar-refractivity contribution in [2.24, 2.45) is 0 Å². The van der Waals surface area contributed by atoms with Gasteiger partial charge in [-0.3, -0.25) is 4.79 Å². The second kappa shape index (κ2) is 2.71. The van der Waals surface area contributed by atoms with Crippen molar-refractivity contribution < 1.29 is 9.21 Å². The molecule has 0 saturated heterocycles. The van der Waals surface area contributed by atoms with Crippen molar-refractivity contribution in [3.05, 3.63) is 35.6 Å². The van der Waals surface area contributed by atoms with E-state index in [-0.39, 0.29) is 5.78 Å². The Labute approximate surface area is 81.5 Å².